The summed E-state index contributed by atoms with van der Waals surface area (Å²) < 4.78 is 32.1. The van der Waals surface area contributed by atoms with Gasteiger partial charge in [0.25, 0.3) is 0 Å². The van der Waals surface area contributed by atoms with Crippen molar-refractivity contribution in [2.45, 2.75) is 17.5 Å². The minimum absolute atomic E-state index is 0.0809. The molecule has 1 fully saturated rings. The third-order valence-electron chi connectivity index (χ3n) is 4.07. The van der Waals surface area contributed by atoms with Crippen LogP contribution in [0.25, 0.3) is 0 Å². The molecular formula is C17H25ClN4O5S. The van der Waals surface area contributed by atoms with Gasteiger partial charge in [0.1, 0.15) is 6.23 Å². The molecule has 0 aromatic heterocycles. The number of nitrogens with one attached hydrogen (secondary N) is 2. The number of ether oxygens (including phenoxy) is 1. The van der Waals surface area contributed by atoms with Crippen molar-refractivity contribution in [1.82, 2.24) is 19.8 Å². The van der Waals surface area contributed by atoms with E-state index in [1.165, 1.54) is 24.3 Å². The van der Waals surface area contributed by atoms with Crippen molar-refractivity contribution in [1.29, 1.82) is 0 Å². The van der Waals surface area contributed by atoms with Gasteiger partial charge in [0, 0.05) is 18.1 Å². The van der Waals surface area contributed by atoms with E-state index >= 15 is 0 Å². The molecule has 1 unspecified atom stereocenters. The molecule has 0 bridgehead atoms. The van der Waals surface area contributed by atoms with Crippen LogP contribution < -0.4 is 10.6 Å². The zero-order valence-electron chi connectivity index (χ0n) is 15.9. The number of carbonyl (C=O) groups is 2. The van der Waals surface area contributed by atoms with Crippen LogP contribution in [0.2, 0.25) is 5.02 Å². The van der Waals surface area contributed by atoms with Gasteiger partial charge in [0.2, 0.25) is 10.0 Å². The zero-order valence-corrected chi connectivity index (χ0v) is 17.4. The Morgan fingerprint density at radius 1 is 1.21 bits per heavy atom. The Labute approximate surface area is 170 Å². The Kier molecular flexibility index (Phi) is 8.20. The van der Waals surface area contributed by atoms with E-state index in [1.807, 2.05) is 19.0 Å². The quantitative estimate of drug-likeness (QED) is 0.437. The summed E-state index contributed by atoms with van der Waals surface area (Å²) >= 11 is 5.80. The normalized spacial score (nSPS) is 17.6. The second-order valence-electron chi connectivity index (χ2n) is 6.52. The van der Waals surface area contributed by atoms with Crippen LogP contribution in [-0.4, -0.2) is 82.5 Å². The van der Waals surface area contributed by atoms with E-state index < -0.39 is 28.1 Å². The van der Waals surface area contributed by atoms with Gasteiger partial charge in [-0.1, -0.05) is 11.6 Å². The topological polar surface area (TPSA) is 108 Å². The summed E-state index contributed by atoms with van der Waals surface area (Å²) in [5, 5.41) is 5.37. The number of benzene rings is 1. The lowest BCUT2D eigenvalue weighted by Crippen LogP contribution is -2.47. The van der Waals surface area contributed by atoms with Gasteiger partial charge in [-0.3, -0.25) is 9.59 Å². The largest absolute Gasteiger partial charge is 0.359 e. The summed E-state index contributed by atoms with van der Waals surface area (Å²) in [6.45, 7) is 1.39. The first kappa shape index (κ1) is 22.6. The minimum atomic E-state index is -3.81. The van der Waals surface area contributed by atoms with Crippen LogP contribution in [-0.2, 0) is 24.3 Å². The molecule has 2 rings (SSSR count). The molecule has 156 valence electrons. The molecule has 9 nitrogen and oxygen atoms in total. The van der Waals surface area contributed by atoms with Crippen molar-refractivity contribution in [2.75, 3.05) is 46.9 Å². The van der Waals surface area contributed by atoms with E-state index in [2.05, 4.69) is 10.6 Å². The summed E-state index contributed by atoms with van der Waals surface area (Å²) in [6.07, 6.45) is -0.170. The highest BCUT2D eigenvalue weighted by Gasteiger charge is 2.36. The second-order valence-corrected chi connectivity index (χ2v) is 8.84. The number of hydrogen-bond acceptors (Lipinski definition) is 6. The average molecular weight is 433 g/mol. The molecule has 0 aliphatic carbocycles. The minimum Gasteiger partial charge on any atom is -0.359 e. The fourth-order valence-electron chi connectivity index (χ4n) is 2.62. The maximum atomic E-state index is 12.8. The van der Waals surface area contributed by atoms with Crippen molar-refractivity contribution in [3.8, 4) is 0 Å². The van der Waals surface area contributed by atoms with Crippen molar-refractivity contribution in [2.24, 2.45) is 0 Å². The first-order valence-electron chi connectivity index (χ1n) is 8.81. The Hall–Kier alpha value is -1.72. The van der Waals surface area contributed by atoms with Gasteiger partial charge in [0.15, 0.2) is 0 Å². The molecule has 0 radical (unpaired) electrons. The van der Waals surface area contributed by atoms with Crippen LogP contribution in [0.3, 0.4) is 0 Å². The highest BCUT2D eigenvalue weighted by atomic mass is 35.5. The van der Waals surface area contributed by atoms with Gasteiger partial charge in [-0.25, -0.2) is 8.42 Å². The summed E-state index contributed by atoms with van der Waals surface area (Å²) in [5.74, 6) is -1.59. The third kappa shape index (κ3) is 6.14. The van der Waals surface area contributed by atoms with Gasteiger partial charge in [-0.15, -0.1) is 0 Å². The smallest absolute Gasteiger partial charge is 0.309 e. The first-order valence-corrected chi connectivity index (χ1v) is 10.6. The maximum absolute atomic E-state index is 12.8. The Morgan fingerprint density at radius 3 is 2.50 bits per heavy atom. The number of rotatable bonds is 8. The van der Waals surface area contributed by atoms with Crippen LogP contribution in [0, 0.1) is 0 Å². The molecule has 1 aromatic carbocycles. The number of sulfonamides is 1. The van der Waals surface area contributed by atoms with Gasteiger partial charge in [-0.2, -0.15) is 4.31 Å². The van der Waals surface area contributed by atoms with Gasteiger partial charge in [-0.05, 0) is 51.3 Å². The predicted octanol–water partition coefficient (Wildman–Crippen LogP) is -0.129. The van der Waals surface area contributed by atoms with Crippen molar-refractivity contribution in [3.05, 3.63) is 29.3 Å². The van der Waals surface area contributed by atoms with Crippen molar-refractivity contribution < 1.29 is 22.7 Å². The van der Waals surface area contributed by atoms with E-state index in [-0.39, 0.29) is 24.6 Å². The molecule has 1 atom stereocenters. The van der Waals surface area contributed by atoms with Crippen LogP contribution in [0.4, 0.5) is 0 Å². The van der Waals surface area contributed by atoms with Crippen molar-refractivity contribution in [3.63, 3.8) is 0 Å². The lowest BCUT2D eigenvalue weighted by atomic mass is 10.4. The van der Waals surface area contributed by atoms with Crippen LogP contribution in [0.1, 0.15) is 6.42 Å². The van der Waals surface area contributed by atoms with E-state index in [1.54, 1.807) is 0 Å². The van der Waals surface area contributed by atoms with Gasteiger partial charge in [0.05, 0.1) is 18.0 Å². The first-order chi connectivity index (χ1) is 13.2. The summed E-state index contributed by atoms with van der Waals surface area (Å²) in [4.78, 5) is 25.8. The maximum Gasteiger partial charge on any atom is 0.309 e. The third-order valence-corrected chi connectivity index (χ3v) is 6.23. The second kappa shape index (κ2) is 10.2. The fraction of sp³-hybridized carbons (Fsp3) is 0.529. The van der Waals surface area contributed by atoms with Crippen molar-refractivity contribution >= 4 is 33.4 Å². The molecular weight excluding hydrogens is 408 g/mol. The number of nitrogens with zero attached hydrogens (tertiary/aromatic N) is 2. The number of amides is 2. The molecule has 11 heteroatoms. The summed E-state index contributed by atoms with van der Waals surface area (Å²) in [5.41, 5.74) is 0. The molecule has 1 saturated heterocycles. The standard InChI is InChI=1S/C17H25ClN4O5S/c1-21(2)9-3-8-19-16(23)17(24)20-12-15-22(10-11-27-15)28(25,26)14-6-4-13(18)5-7-14/h4-7,15H,3,8-12H2,1-2H3,(H,19,23)(H,20,24). The predicted molar refractivity (Wildman–Crippen MR) is 104 cm³/mol. The lowest BCUT2D eigenvalue weighted by molar-refractivity contribution is -0.139. The highest BCUT2D eigenvalue weighted by molar-refractivity contribution is 7.89. The van der Waals surface area contributed by atoms with Gasteiger partial charge >= 0.3 is 11.8 Å². The highest BCUT2D eigenvalue weighted by Crippen LogP contribution is 2.23. The summed E-state index contributed by atoms with van der Waals surface area (Å²) in [6, 6.07) is 5.80. The van der Waals surface area contributed by atoms with E-state index in [4.69, 9.17) is 16.3 Å². The molecule has 1 aliphatic heterocycles. The number of hydrogen-bond donors (Lipinski definition) is 2. The summed E-state index contributed by atoms with van der Waals surface area (Å²) in [7, 11) is 0.0280. The molecule has 1 aliphatic rings. The Morgan fingerprint density at radius 2 is 1.86 bits per heavy atom. The monoisotopic (exact) mass is 432 g/mol. The zero-order chi connectivity index (χ0) is 20.7. The molecule has 28 heavy (non-hydrogen) atoms. The molecule has 1 aromatic rings. The molecule has 1 heterocycles. The number of carbonyl (C=O) groups excluding carboxylic acids is 2. The fourth-order valence-corrected chi connectivity index (χ4v) is 4.26. The molecule has 2 N–H and O–H groups in total. The van der Waals surface area contributed by atoms with E-state index in [0.717, 1.165) is 10.8 Å². The average Bonchev–Trinajstić information content (AvgIpc) is 3.12. The molecule has 2 amide bonds. The van der Waals surface area contributed by atoms with E-state index in [9.17, 15) is 18.0 Å². The van der Waals surface area contributed by atoms with E-state index in [0.29, 0.717) is 18.0 Å². The Bertz CT molecular complexity index is 785. The van der Waals surface area contributed by atoms with Gasteiger partial charge < -0.3 is 20.3 Å². The van der Waals surface area contributed by atoms with Crippen LogP contribution >= 0.6 is 11.6 Å². The lowest BCUT2D eigenvalue weighted by Gasteiger charge is -2.22. The molecule has 0 saturated carbocycles. The Balaban J connectivity index is 1.88. The number of halogens is 1. The van der Waals surface area contributed by atoms with Crippen LogP contribution in [0.15, 0.2) is 29.2 Å². The van der Waals surface area contributed by atoms with Crippen LogP contribution in [0.5, 0.6) is 0 Å². The molecule has 0 spiro atoms. The SMILES string of the molecule is CN(C)CCCNC(=O)C(=O)NCC1OCCN1S(=O)(=O)c1ccc(Cl)cc1.